The molecule has 0 saturated carbocycles. The summed E-state index contributed by atoms with van der Waals surface area (Å²) < 4.78 is 26.5. The van der Waals surface area contributed by atoms with E-state index in [1.54, 1.807) is 30.3 Å². The number of nitrogens with zero attached hydrogens (tertiary/aromatic N) is 1. The van der Waals surface area contributed by atoms with Crippen LogP contribution in [0.25, 0.3) is 0 Å². The first-order valence-electron chi connectivity index (χ1n) is 7.47. The van der Waals surface area contributed by atoms with Crippen molar-refractivity contribution >= 4 is 5.91 Å². The molecule has 1 fully saturated rings. The number of amides is 1. The van der Waals surface area contributed by atoms with E-state index in [4.69, 9.17) is 0 Å². The Morgan fingerprint density at radius 2 is 1.95 bits per heavy atom. The molecule has 2 unspecified atom stereocenters. The Labute approximate surface area is 124 Å². The van der Waals surface area contributed by atoms with Crippen molar-refractivity contribution in [1.82, 2.24) is 10.2 Å². The molecule has 116 valence electrons. The third-order valence-corrected chi connectivity index (χ3v) is 4.00. The highest BCUT2D eigenvalue weighted by atomic mass is 19.3. The third-order valence-electron chi connectivity index (χ3n) is 4.00. The molecule has 0 radical (unpaired) electrons. The molecule has 5 heteroatoms. The van der Waals surface area contributed by atoms with E-state index in [0.717, 1.165) is 19.5 Å². The van der Waals surface area contributed by atoms with Crippen LogP contribution in [0.4, 0.5) is 8.78 Å². The third kappa shape index (κ3) is 4.24. The van der Waals surface area contributed by atoms with Gasteiger partial charge in [0.05, 0.1) is 5.92 Å². The van der Waals surface area contributed by atoms with Crippen LogP contribution in [-0.4, -0.2) is 36.9 Å². The highest BCUT2D eigenvalue weighted by Crippen LogP contribution is 2.22. The average Bonchev–Trinajstić information content (AvgIpc) is 2.44. The minimum atomic E-state index is -2.61. The molecule has 0 aromatic heterocycles. The maximum Gasteiger partial charge on any atom is 0.262 e. The standard InChI is InChI=1S/C16H22F2N2O/c1-2-12(11-20-9-6-10-20)16(21)19-14(15(17)18)13-7-4-3-5-8-13/h3-5,7-8,12,14-15H,2,6,9-11H2,1H3,(H,19,21). The van der Waals surface area contributed by atoms with Crippen LogP contribution in [-0.2, 0) is 4.79 Å². The van der Waals surface area contributed by atoms with Gasteiger partial charge in [0.25, 0.3) is 6.43 Å². The molecule has 3 nitrogen and oxygen atoms in total. The molecule has 1 aliphatic rings. The summed E-state index contributed by atoms with van der Waals surface area (Å²) in [5.41, 5.74) is 0.444. The van der Waals surface area contributed by atoms with Crippen LogP contribution in [0.15, 0.2) is 30.3 Å². The van der Waals surface area contributed by atoms with Gasteiger partial charge in [0.15, 0.2) is 0 Å². The van der Waals surface area contributed by atoms with Gasteiger partial charge >= 0.3 is 0 Å². The SMILES string of the molecule is CCC(CN1CCC1)C(=O)NC(c1ccccc1)C(F)F. The normalized spacial score (nSPS) is 18.1. The molecular formula is C16H22F2N2O. The number of likely N-dealkylation sites (tertiary alicyclic amines) is 1. The number of nitrogens with one attached hydrogen (secondary N) is 1. The molecule has 1 amide bonds. The lowest BCUT2D eigenvalue weighted by molar-refractivity contribution is -0.128. The molecule has 1 aromatic rings. The number of carbonyl (C=O) groups is 1. The Balaban J connectivity index is 1.99. The van der Waals surface area contributed by atoms with E-state index in [2.05, 4.69) is 10.2 Å². The summed E-state index contributed by atoms with van der Waals surface area (Å²) in [5, 5.41) is 2.52. The van der Waals surface area contributed by atoms with E-state index < -0.39 is 12.5 Å². The molecule has 1 aliphatic heterocycles. The average molecular weight is 296 g/mol. The van der Waals surface area contributed by atoms with Crippen molar-refractivity contribution in [2.75, 3.05) is 19.6 Å². The number of benzene rings is 1. The van der Waals surface area contributed by atoms with Gasteiger partial charge in [0.2, 0.25) is 5.91 Å². The quantitative estimate of drug-likeness (QED) is 0.839. The second-order valence-electron chi connectivity index (χ2n) is 5.49. The van der Waals surface area contributed by atoms with E-state index in [1.165, 1.54) is 0 Å². The first kappa shape index (κ1) is 15.9. The highest BCUT2D eigenvalue weighted by Gasteiger charge is 2.29. The molecule has 2 atom stereocenters. The van der Waals surface area contributed by atoms with E-state index in [-0.39, 0.29) is 11.8 Å². The van der Waals surface area contributed by atoms with Crippen LogP contribution in [0.5, 0.6) is 0 Å². The van der Waals surface area contributed by atoms with Gasteiger partial charge < -0.3 is 10.2 Å². The summed E-state index contributed by atoms with van der Waals surface area (Å²) in [7, 11) is 0. The predicted molar refractivity (Wildman–Crippen MR) is 78.2 cm³/mol. The van der Waals surface area contributed by atoms with Crippen LogP contribution in [0.1, 0.15) is 31.4 Å². The Kier molecular flexibility index (Phi) is 5.67. The van der Waals surface area contributed by atoms with Crippen LogP contribution in [0, 0.1) is 5.92 Å². The highest BCUT2D eigenvalue weighted by molar-refractivity contribution is 5.79. The zero-order chi connectivity index (χ0) is 15.2. The van der Waals surface area contributed by atoms with Crippen molar-refractivity contribution in [1.29, 1.82) is 0 Å². The molecule has 0 spiro atoms. The maximum absolute atomic E-state index is 13.2. The Morgan fingerprint density at radius 1 is 1.29 bits per heavy atom. The fourth-order valence-electron chi connectivity index (χ4n) is 2.50. The number of alkyl halides is 2. The number of carbonyl (C=O) groups excluding carboxylic acids is 1. The van der Waals surface area contributed by atoms with Crippen molar-refractivity contribution in [3.05, 3.63) is 35.9 Å². The van der Waals surface area contributed by atoms with E-state index in [0.29, 0.717) is 18.5 Å². The van der Waals surface area contributed by atoms with E-state index >= 15 is 0 Å². The minimum absolute atomic E-state index is 0.227. The molecular weight excluding hydrogens is 274 g/mol. The molecule has 1 heterocycles. The summed E-state index contributed by atoms with van der Waals surface area (Å²) in [4.78, 5) is 14.5. The molecule has 21 heavy (non-hydrogen) atoms. The van der Waals surface area contributed by atoms with Crippen molar-refractivity contribution in [3.8, 4) is 0 Å². The van der Waals surface area contributed by atoms with Crippen molar-refractivity contribution in [2.45, 2.75) is 32.2 Å². The molecule has 0 aliphatic carbocycles. The second kappa shape index (κ2) is 7.50. The van der Waals surface area contributed by atoms with Gasteiger partial charge in [0.1, 0.15) is 6.04 Å². The lowest BCUT2D eigenvalue weighted by Gasteiger charge is -2.33. The fraction of sp³-hybridized carbons (Fsp3) is 0.562. The topological polar surface area (TPSA) is 32.3 Å². The van der Waals surface area contributed by atoms with Crippen molar-refractivity contribution in [3.63, 3.8) is 0 Å². The summed E-state index contributed by atoms with van der Waals surface area (Å²) in [6, 6.07) is 7.18. The van der Waals surface area contributed by atoms with E-state index in [9.17, 15) is 13.6 Å². The predicted octanol–water partition coefficient (Wildman–Crippen LogP) is 2.84. The lowest BCUT2D eigenvalue weighted by atomic mass is 10.0. The summed E-state index contributed by atoms with van der Waals surface area (Å²) in [6.45, 7) is 4.58. The van der Waals surface area contributed by atoms with Crippen LogP contribution >= 0.6 is 0 Å². The number of rotatable bonds is 7. The van der Waals surface area contributed by atoms with Gasteiger partial charge in [-0.05, 0) is 31.5 Å². The van der Waals surface area contributed by atoms with Crippen LogP contribution in [0.3, 0.4) is 0 Å². The van der Waals surface area contributed by atoms with Crippen molar-refractivity contribution < 1.29 is 13.6 Å². The molecule has 1 aromatic carbocycles. The molecule has 2 rings (SSSR count). The largest absolute Gasteiger partial charge is 0.343 e. The number of hydrogen-bond acceptors (Lipinski definition) is 2. The number of halogens is 2. The van der Waals surface area contributed by atoms with Gasteiger partial charge in [-0.2, -0.15) is 0 Å². The Morgan fingerprint density at radius 3 is 2.43 bits per heavy atom. The zero-order valence-electron chi connectivity index (χ0n) is 12.3. The first-order chi connectivity index (χ1) is 10.1. The smallest absolute Gasteiger partial charge is 0.262 e. The number of hydrogen-bond donors (Lipinski definition) is 1. The van der Waals surface area contributed by atoms with Crippen LogP contribution in [0.2, 0.25) is 0 Å². The van der Waals surface area contributed by atoms with Gasteiger partial charge in [-0.25, -0.2) is 8.78 Å². The lowest BCUT2D eigenvalue weighted by Crippen LogP contribution is -2.46. The summed E-state index contributed by atoms with van der Waals surface area (Å²) in [6.07, 6.45) is -0.799. The Hall–Kier alpha value is -1.49. The summed E-state index contributed by atoms with van der Waals surface area (Å²) >= 11 is 0. The van der Waals surface area contributed by atoms with Gasteiger partial charge in [-0.3, -0.25) is 4.79 Å². The second-order valence-corrected chi connectivity index (χ2v) is 5.49. The van der Waals surface area contributed by atoms with Gasteiger partial charge in [0, 0.05) is 6.54 Å². The first-order valence-corrected chi connectivity index (χ1v) is 7.47. The monoisotopic (exact) mass is 296 g/mol. The van der Waals surface area contributed by atoms with Gasteiger partial charge in [-0.15, -0.1) is 0 Å². The van der Waals surface area contributed by atoms with Crippen LogP contribution < -0.4 is 5.32 Å². The molecule has 1 saturated heterocycles. The molecule has 0 bridgehead atoms. The maximum atomic E-state index is 13.2. The Bertz CT molecular complexity index is 449. The summed E-state index contributed by atoms with van der Waals surface area (Å²) in [5.74, 6) is -0.506. The van der Waals surface area contributed by atoms with Crippen molar-refractivity contribution in [2.24, 2.45) is 5.92 Å². The zero-order valence-corrected chi connectivity index (χ0v) is 12.3. The van der Waals surface area contributed by atoms with E-state index in [1.807, 2.05) is 6.92 Å². The minimum Gasteiger partial charge on any atom is -0.343 e. The van der Waals surface area contributed by atoms with Gasteiger partial charge in [-0.1, -0.05) is 37.3 Å². The molecule has 1 N–H and O–H groups in total. The fourth-order valence-corrected chi connectivity index (χ4v) is 2.50.